The molecule has 0 unspecified atom stereocenters. The number of hydrogen-bond acceptors (Lipinski definition) is 3. The number of aromatic hydroxyl groups is 1. The van der Waals surface area contributed by atoms with Gasteiger partial charge in [-0.05, 0) is 56.0 Å². The second-order valence-corrected chi connectivity index (χ2v) is 8.18. The number of nitrogens with zero attached hydrogens (tertiary/aromatic N) is 2. The van der Waals surface area contributed by atoms with Crippen molar-refractivity contribution in [1.82, 2.24) is 9.80 Å². The number of rotatable bonds is 4. The highest BCUT2D eigenvalue weighted by Crippen LogP contribution is 2.34. The number of likely N-dealkylation sites (N-methyl/N-ethyl adjacent to an activating group) is 1. The first kappa shape index (κ1) is 19.8. The first-order chi connectivity index (χ1) is 11.7. The molecule has 140 valence electrons. The van der Waals surface area contributed by atoms with Gasteiger partial charge in [0.15, 0.2) is 0 Å². The summed E-state index contributed by atoms with van der Waals surface area (Å²) in [5.74, 6) is 0.637. The summed E-state index contributed by atoms with van der Waals surface area (Å²) in [5, 5.41) is 10.8. The van der Waals surface area contributed by atoms with Gasteiger partial charge in [0, 0.05) is 19.1 Å². The van der Waals surface area contributed by atoms with E-state index in [1.807, 2.05) is 17.0 Å². The zero-order valence-electron chi connectivity index (χ0n) is 16.7. The lowest BCUT2D eigenvalue weighted by molar-refractivity contribution is 0.0722. The normalized spacial score (nSPS) is 18.9. The van der Waals surface area contributed by atoms with Crippen molar-refractivity contribution in [2.45, 2.75) is 64.8 Å². The first-order valence-corrected chi connectivity index (χ1v) is 9.54. The maximum Gasteiger partial charge on any atom is 0.257 e. The lowest BCUT2D eigenvalue weighted by Crippen LogP contribution is -2.42. The van der Waals surface area contributed by atoms with E-state index in [1.165, 1.54) is 0 Å². The van der Waals surface area contributed by atoms with E-state index in [2.05, 4.69) is 46.7 Å². The van der Waals surface area contributed by atoms with Gasteiger partial charge in [-0.3, -0.25) is 4.79 Å². The Balaban J connectivity index is 2.40. The highest BCUT2D eigenvalue weighted by molar-refractivity contribution is 5.97. The lowest BCUT2D eigenvalue weighted by Gasteiger charge is -2.29. The summed E-state index contributed by atoms with van der Waals surface area (Å²) in [4.78, 5) is 17.4. The standard InChI is InChI=1S/C21H34N2O2/c1-14(2)16-11-18(15(3)4)20(24)19(12-16)21(25)23-10-8-7-9-17(13-23)22(5)6/h11-12,14-15,17,24H,7-10,13H2,1-6H3/t17-/m0/s1. The molecule has 1 atom stereocenters. The Morgan fingerprint density at radius 3 is 2.40 bits per heavy atom. The molecular formula is C21H34N2O2. The second kappa shape index (κ2) is 8.22. The highest BCUT2D eigenvalue weighted by atomic mass is 16.3. The molecule has 1 aliphatic heterocycles. The number of benzene rings is 1. The molecule has 1 heterocycles. The van der Waals surface area contributed by atoms with Crippen LogP contribution in [0.1, 0.15) is 80.3 Å². The van der Waals surface area contributed by atoms with Crippen molar-refractivity contribution in [2.24, 2.45) is 0 Å². The molecular weight excluding hydrogens is 312 g/mol. The van der Waals surface area contributed by atoms with Crippen molar-refractivity contribution in [3.63, 3.8) is 0 Å². The van der Waals surface area contributed by atoms with Crippen LogP contribution in [0.3, 0.4) is 0 Å². The zero-order valence-corrected chi connectivity index (χ0v) is 16.7. The number of phenols is 1. The fourth-order valence-corrected chi connectivity index (χ4v) is 3.51. The molecule has 1 saturated heterocycles. The van der Waals surface area contributed by atoms with Crippen molar-refractivity contribution >= 4 is 5.91 Å². The quantitative estimate of drug-likeness (QED) is 0.889. The topological polar surface area (TPSA) is 43.8 Å². The van der Waals surface area contributed by atoms with Crippen LogP contribution in [0.2, 0.25) is 0 Å². The Morgan fingerprint density at radius 1 is 1.16 bits per heavy atom. The molecule has 4 heteroatoms. The third-order valence-electron chi connectivity index (χ3n) is 5.34. The van der Waals surface area contributed by atoms with Crippen LogP contribution in [0.25, 0.3) is 0 Å². The smallest absolute Gasteiger partial charge is 0.257 e. The Kier molecular flexibility index (Phi) is 6.50. The van der Waals surface area contributed by atoms with E-state index in [9.17, 15) is 9.90 Å². The molecule has 1 aromatic carbocycles. The van der Waals surface area contributed by atoms with Gasteiger partial charge in [0.2, 0.25) is 0 Å². The molecule has 1 amide bonds. The van der Waals surface area contributed by atoms with E-state index < -0.39 is 0 Å². The Hall–Kier alpha value is -1.55. The predicted molar refractivity (Wildman–Crippen MR) is 104 cm³/mol. The molecule has 25 heavy (non-hydrogen) atoms. The van der Waals surface area contributed by atoms with Crippen molar-refractivity contribution in [3.8, 4) is 5.75 Å². The van der Waals surface area contributed by atoms with Gasteiger partial charge in [-0.2, -0.15) is 0 Å². The molecule has 4 nitrogen and oxygen atoms in total. The third-order valence-corrected chi connectivity index (χ3v) is 5.34. The molecule has 1 aliphatic rings. The van der Waals surface area contributed by atoms with Gasteiger partial charge in [0.25, 0.3) is 5.91 Å². The van der Waals surface area contributed by atoms with E-state index in [4.69, 9.17) is 0 Å². The largest absolute Gasteiger partial charge is 0.507 e. The van der Waals surface area contributed by atoms with Crippen LogP contribution >= 0.6 is 0 Å². The van der Waals surface area contributed by atoms with Gasteiger partial charge < -0.3 is 14.9 Å². The van der Waals surface area contributed by atoms with E-state index in [0.29, 0.717) is 17.5 Å². The molecule has 2 rings (SSSR count). The third kappa shape index (κ3) is 4.55. The van der Waals surface area contributed by atoms with Crippen LogP contribution in [-0.2, 0) is 0 Å². The molecule has 0 radical (unpaired) electrons. The second-order valence-electron chi connectivity index (χ2n) is 8.18. The van der Waals surface area contributed by atoms with E-state index in [1.54, 1.807) is 0 Å². The van der Waals surface area contributed by atoms with Crippen molar-refractivity contribution in [3.05, 3.63) is 28.8 Å². The summed E-state index contributed by atoms with van der Waals surface area (Å²) in [6.45, 7) is 9.86. The fourth-order valence-electron chi connectivity index (χ4n) is 3.51. The Morgan fingerprint density at radius 2 is 1.84 bits per heavy atom. The average molecular weight is 347 g/mol. The SMILES string of the molecule is CC(C)c1cc(C(=O)N2CCCC[C@H](N(C)C)C2)c(O)c(C(C)C)c1. The van der Waals surface area contributed by atoms with Crippen LogP contribution in [0, 0.1) is 0 Å². The van der Waals surface area contributed by atoms with Crippen molar-refractivity contribution in [1.29, 1.82) is 0 Å². The predicted octanol–water partition coefficient (Wildman–Crippen LogP) is 4.20. The number of amides is 1. The number of hydrogen-bond donors (Lipinski definition) is 1. The van der Waals surface area contributed by atoms with E-state index >= 15 is 0 Å². The molecule has 0 saturated carbocycles. The van der Waals surface area contributed by atoms with Crippen molar-refractivity contribution in [2.75, 3.05) is 27.2 Å². The van der Waals surface area contributed by atoms with Crippen LogP contribution in [0.5, 0.6) is 5.75 Å². The number of carbonyl (C=O) groups is 1. The number of carbonyl (C=O) groups excluding carboxylic acids is 1. The maximum absolute atomic E-state index is 13.2. The minimum absolute atomic E-state index is 0.0318. The summed E-state index contributed by atoms with van der Waals surface area (Å²) in [6.07, 6.45) is 3.28. The molecule has 1 N–H and O–H groups in total. The summed E-state index contributed by atoms with van der Waals surface area (Å²) in [6, 6.07) is 4.32. The van der Waals surface area contributed by atoms with Gasteiger partial charge >= 0.3 is 0 Å². The van der Waals surface area contributed by atoms with E-state index in [0.717, 1.165) is 43.5 Å². The number of phenolic OH excluding ortho intramolecular Hbond substituents is 1. The van der Waals surface area contributed by atoms with Gasteiger partial charge in [-0.15, -0.1) is 0 Å². The monoisotopic (exact) mass is 346 g/mol. The van der Waals surface area contributed by atoms with Crippen molar-refractivity contribution < 1.29 is 9.90 Å². The molecule has 1 aromatic rings. The minimum Gasteiger partial charge on any atom is -0.507 e. The summed E-state index contributed by atoms with van der Waals surface area (Å²) >= 11 is 0. The maximum atomic E-state index is 13.2. The molecule has 0 aromatic heterocycles. The number of likely N-dealkylation sites (tertiary alicyclic amines) is 1. The van der Waals surface area contributed by atoms with E-state index in [-0.39, 0.29) is 17.6 Å². The molecule has 1 fully saturated rings. The molecule has 0 aliphatic carbocycles. The summed E-state index contributed by atoms with van der Waals surface area (Å²) in [7, 11) is 4.15. The fraction of sp³-hybridized carbons (Fsp3) is 0.667. The van der Waals surface area contributed by atoms with Gasteiger partial charge in [0.05, 0.1) is 5.56 Å². The summed E-state index contributed by atoms with van der Waals surface area (Å²) < 4.78 is 0. The van der Waals surface area contributed by atoms with Crippen LogP contribution < -0.4 is 0 Å². The zero-order chi connectivity index (χ0) is 18.7. The van der Waals surface area contributed by atoms with Gasteiger partial charge in [-0.25, -0.2) is 0 Å². The molecule has 0 spiro atoms. The van der Waals surface area contributed by atoms with Gasteiger partial charge in [0.1, 0.15) is 5.75 Å². The highest BCUT2D eigenvalue weighted by Gasteiger charge is 2.27. The minimum atomic E-state index is -0.0318. The van der Waals surface area contributed by atoms with Crippen LogP contribution in [0.4, 0.5) is 0 Å². The van der Waals surface area contributed by atoms with Gasteiger partial charge in [-0.1, -0.05) is 40.2 Å². The van der Waals surface area contributed by atoms with Crippen LogP contribution in [-0.4, -0.2) is 54.0 Å². The summed E-state index contributed by atoms with van der Waals surface area (Å²) in [5.41, 5.74) is 2.45. The van der Waals surface area contributed by atoms with Crippen LogP contribution in [0.15, 0.2) is 12.1 Å². The average Bonchev–Trinajstić information content (AvgIpc) is 2.80. The lowest BCUT2D eigenvalue weighted by atomic mass is 9.91. The molecule has 0 bridgehead atoms. The first-order valence-electron chi connectivity index (χ1n) is 9.54. The Bertz CT molecular complexity index is 608. The Labute approximate surface area is 152 Å².